The highest BCUT2D eigenvalue weighted by Crippen LogP contribution is 2.26. The average molecular weight is 416 g/mol. The normalized spacial score (nSPS) is 11.4. The first-order chi connectivity index (χ1) is 14.6. The number of ether oxygens (including phenoxy) is 1. The molecule has 30 heavy (non-hydrogen) atoms. The summed E-state index contributed by atoms with van der Waals surface area (Å²) in [5, 5.41) is 0. The van der Waals surface area contributed by atoms with Crippen LogP contribution in [0, 0.1) is 0 Å². The van der Waals surface area contributed by atoms with Gasteiger partial charge in [0.15, 0.2) is 0 Å². The van der Waals surface area contributed by atoms with E-state index < -0.39 is 16.1 Å². The van der Waals surface area contributed by atoms with Gasteiger partial charge in [-0.25, -0.2) is 8.42 Å². The molecule has 0 radical (unpaired) electrons. The molecule has 0 saturated heterocycles. The van der Waals surface area contributed by atoms with Crippen molar-refractivity contribution >= 4 is 10.0 Å². The molecule has 0 heterocycles. The van der Waals surface area contributed by atoms with E-state index in [1.807, 2.05) is 91.0 Å². The zero-order chi connectivity index (χ0) is 20.8. The summed E-state index contributed by atoms with van der Waals surface area (Å²) >= 11 is 0. The number of hydrogen-bond donors (Lipinski definition) is 1. The molecule has 0 amide bonds. The summed E-state index contributed by atoms with van der Waals surface area (Å²) in [6.45, 7) is 0. The first-order valence-corrected chi connectivity index (χ1v) is 11.1. The van der Waals surface area contributed by atoms with Crippen molar-refractivity contribution < 1.29 is 13.2 Å². The molecule has 0 bridgehead atoms. The van der Waals surface area contributed by atoms with Gasteiger partial charge in [-0.2, -0.15) is 4.72 Å². The lowest BCUT2D eigenvalue weighted by Crippen LogP contribution is -2.29. The molecule has 0 aliphatic rings. The molecule has 4 rings (SSSR count). The van der Waals surface area contributed by atoms with E-state index in [2.05, 4.69) is 4.72 Å². The van der Waals surface area contributed by atoms with Crippen LogP contribution in [0.15, 0.2) is 120 Å². The zero-order valence-electron chi connectivity index (χ0n) is 16.2. The minimum absolute atomic E-state index is 0.180. The predicted molar refractivity (Wildman–Crippen MR) is 118 cm³/mol. The van der Waals surface area contributed by atoms with Gasteiger partial charge in [0.1, 0.15) is 11.5 Å². The van der Waals surface area contributed by atoms with E-state index in [-0.39, 0.29) is 4.90 Å². The standard InChI is InChI=1S/C25H21NO3S/c27-30(28,24-18-16-23(17-19-24)29-22-14-8-3-9-15-22)26-25(20-10-4-1-5-11-20)21-12-6-2-7-13-21/h1-19,25-26H. The van der Waals surface area contributed by atoms with Gasteiger partial charge in [-0.15, -0.1) is 0 Å². The molecule has 4 aromatic carbocycles. The minimum Gasteiger partial charge on any atom is -0.457 e. The molecule has 0 aliphatic carbocycles. The Bertz CT molecular complexity index is 1140. The summed E-state index contributed by atoms with van der Waals surface area (Å²) in [5.41, 5.74) is 1.74. The van der Waals surface area contributed by atoms with Crippen molar-refractivity contribution in [3.05, 3.63) is 126 Å². The third-order valence-corrected chi connectivity index (χ3v) is 6.09. The lowest BCUT2D eigenvalue weighted by molar-refractivity contribution is 0.482. The Morgan fingerprint density at radius 1 is 0.567 bits per heavy atom. The number of sulfonamides is 1. The second-order valence-electron chi connectivity index (χ2n) is 6.76. The number of nitrogens with one attached hydrogen (secondary N) is 1. The summed E-state index contributed by atoms with van der Waals surface area (Å²) in [5.74, 6) is 1.27. The molecule has 150 valence electrons. The smallest absolute Gasteiger partial charge is 0.241 e. The van der Waals surface area contributed by atoms with Crippen molar-refractivity contribution in [3.8, 4) is 11.5 Å². The Balaban J connectivity index is 1.58. The van der Waals surface area contributed by atoms with E-state index in [0.29, 0.717) is 11.5 Å². The maximum Gasteiger partial charge on any atom is 0.241 e. The fourth-order valence-electron chi connectivity index (χ4n) is 3.15. The SMILES string of the molecule is O=S(=O)(NC(c1ccccc1)c1ccccc1)c1ccc(Oc2ccccc2)cc1. The van der Waals surface area contributed by atoms with Crippen molar-refractivity contribution in [1.29, 1.82) is 0 Å². The second kappa shape index (κ2) is 8.95. The summed E-state index contributed by atoms with van der Waals surface area (Å²) < 4.78 is 34.8. The van der Waals surface area contributed by atoms with Crippen molar-refractivity contribution in [3.63, 3.8) is 0 Å². The highest BCUT2D eigenvalue weighted by molar-refractivity contribution is 7.89. The van der Waals surface area contributed by atoms with Gasteiger partial charge in [0.05, 0.1) is 10.9 Å². The zero-order valence-corrected chi connectivity index (χ0v) is 17.0. The molecule has 0 aromatic heterocycles. The molecule has 0 aliphatic heterocycles. The van der Waals surface area contributed by atoms with Gasteiger partial charge in [0, 0.05) is 0 Å². The Morgan fingerprint density at radius 2 is 1.00 bits per heavy atom. The molecule has 4 aromatic rings. The van der Waals surface area contributed by atoms with Gasteiger partial charge in [-0.3, -0.25) is 0 Å². The highest BCUT2D eigenvalue weighted by Gasteiger charge is 2.22. The molecular weight excluding hydrogens is 394 g/mol. The molecule has 0 spiro atoms. The quantitative estimate of drug-likeness (QED) is 0.431. The van der Waals surface area contributed by atoms with Crippen molar-refractivity contribution in [2.75, 3.05) is 0 Å². The van der Waals surface area contributed by atoms with Gasteiger partial charge >= 0.3 is 0 Å². The molecule has 0 unspecified atom stereocenters. The Kier molecular flexibility index (Phi) is 5.93. The number of hydrogen-bond acceptors (Lipinski definition) is 3. The molecule has 0 atom stereocenters. The first kappa shape index (κ1) is 19.9. The minimum atomic E-state index is -3.75. The van der Waals surface area contributed by atoms with Crippen molar-refractivity contribution in [2.24, 2.45) is 0 Å². The highest BCUT2D eigenvalue weighted by atomic mass is 32.2. The predicted octanol–water partition coefficient (Wildman–Crippen LogP) is 5.55. The Morgan fingerprint density at radius 3 is 1.50 bits per heavy atom. The van der Waals surface area contributed by atoms with Gasteiger partial charge in [0.25, 0.3) is 0 Å². The lowest BCUT2D eigenvalue weighted by atomic mass is 10.00. The largest absolute Gasteiger partial charge is 0.457 e. The van der Waals surface area contributed by atoms with Crippen molar-refractivity contribution in [2.45, 2.75) is 10.9 Å². The van der Waals surface area contributed by atoms with Crippen LogP contribution in [0.5, 0.6) is 11.5 Å². The van der Waals surface area contributed by atoms with Crippen LogP contribution in [0.4, 0.5) is 0 Å². The molecule has 1 N–H and O–H groups in total. The number of para-hydroxylation sites is 1. The molecule has 4 nitrogen and oxygen atoms in total. The van der Waals surface area contributed by atoms with Crippen LogP contribution in [0.25, 0.3) is 0 Å². The molecule has 0 saturated carbocycles. The molecular formula is C25H21NO3S. The van der Waals surface area contributed by atoms with Crippen molar-refractivity contribution in [1.82, 2.24) is 4.72 Å². The summed E-state index contributed by atoms with van der Waals surface area (Å²) in [6, 6.07) is 34.3. The van der Waals surface area contributed by atoms with Crippen LogP contribution >= 0.6 is 0 Å². The lowest BCUT2D eigenvalue weighted by Gasteiger charge is -2.20. The average Bonchev–Trinajstić information content (AvgIpc) is 2.80. The summed E-state index contributed by atoms with van der Waals surface area (Å²) in [7, 11) is -3.75. The maximum atomic E-state index is 13.1. The summed E-state index contributed by atoms with van der Waals surface area (Å²) in [6.07, 6.45) is 0. The van der Waals surface area contributed by atoms with Crippen LogP contribution in [0.1, 0.15) is 17.2 Å². The third-order valence-electron chi connectivity index (χ3n) is 4.65. The topological polar surface area (TPSA) is 55.4 Å². The van der Waals surface area contributed by atoms with Crippen LogP contribution in [0.3, 0.4) is 0 Å². The van der Waals surface area contributed by atoms with E-state index in [0.717, 1.165) is 11.1 Å². The number of benzene rings is 4. The van der Waals surface area contributed by atoms with Crippen LogP contribution in [-0.2, 0) is 10.0 Å². The first-order valence-electron chi connectivity index (χ1n) is 9.57. The van der Waals surface area contributed by atoms with Crippen LogP contribution < -0.4 is 9.46 Å². The molecule has 5 heteroatoms. The third kappa shape index (κ3) is 4.76. The van der Waals surface area contributed by atoms with E-state index >= 15 is 0 Å². The van der Waals surface area contributed by atoms with E-state index in [4.69, 9.17) is 4.74 Å². The van der Waals surface area contributed by atoms with Gasteiger partial charge in [-0.05, 0) is 47.5 Å². The molecule has 0 fully saturated rings. The fourth-order valence-corrected chi connectivity index (χ4v) is 4.37. The van der Waals surface area contributed by atoms with E-state index in [1.54, 1.807) is 24.3 Å². The van der Waals surface area contributed by atoms with Gasteiger partial charge < -0.3 is 4.74 Å². The monoisotopic (exact) mass is 415 g/mol. The maximum absolute atomic E-state index is 13.1. The Labute approximate surface area is 176 Å². The van der Waals surface area contributed by atoms with Crippen LogP contribution in [-0.4, -0.2) is 8.42 Å². The number of rotatable bonds is 7. The van der Waals surface area contributed by atoms with E-state index in [1.165, 1.54) is 0 Å². The fraction of sp³-hybridized carbons (Fsp3) is 0.0400. The van der Waals surface area contributed by atoms with E-state index in [9.17, 15) is 8.42 Å². The second-order valence-corrected chi connectivity index (χ2v) is 8.48. The van der Waals surface area contributed by atoms with Gasteiger partial charge in [0.2, 0.25) is 10.0 Å². The van der Waals surface area contributed by atoms with Gasteiger partial charge in [-0.1, -0.05) is 78.9 Å². The Hall–Kier alpha value is -3.41. The summed E-state index contributed by atoms with van der Waals surface area (Å²) in [4.78, 5) is 0.180. The van der Waals surface area contributed by atoms with Crippen LogP contribution in [0.2, 0.25) is 0 Å².